The van der Waals surface area contributed by atoms with Gasteiger partial charge in [0, 0.05) is 6.04 Å². The standard InChI is InChI=1S/C11H23N/c1-9(2)8-11(12)10-6-4-3-5-7-10/h9-11H,3-8,12H2,1-2H3/t11-/m1/s1. The summed E-state index contributed by atoms with van der Waals surface area (Å²) in [6.07, 6.45) is 8.24. The van der Waals surface area contributed by atoms with Gasteiger partial charge in [-0.05, 0) is 31.1 Å². The molecule has 72 valence electrons. The van der Waals surface area contributed by atoms with Gasteiger partial charge in [0.25, 0.3) is 0 Å². The van der Waals surface area contributed by atoms with E-state index < -0.39 is 0 Å². The molecular weight excluding hydrogens is 146 g/mol. The largest absolute Gasteiger partial charge is 0.327 e. The van der Waals surface area contributed by atoms with Crippen LogP contribution >= 0.6 is 0 Å². The van der Waals surface area contributed by atoms with Crippen LogP contribution in [0.2, 0.25) is 0 Å². The molecule has 0 heterocycles. The Kier molecular flexibility index (Phi) is 4.07. The molecule has 1 saturated carbocycles. The predicted molar refractivity (Wildman–Crippen MR) is 54.0 cm³/mol. The summed E-state index contributed by atoms with van der Waals surface area (Å²) in [5.41, 5.74) is 6.15. The molecule has 0 aromatic carbocycles. The maximum atomic E-state index is 6.15. The van der Waals surface area contributed by atoms with Gasteiger partial charge in [-0.25, -0.2) is 0 Å². The third-order valence-electron chi connectivity index (χ3n) is 3.00. The van der Waals surface area contributed by atoms with Crippen LogP contribution < -0.4 is 5.73 Å². The molecule has 1 fully saturated rings. The second kappa shape index (κ2) is 4.86. The average molecular weight is 169 g/mol. The van der Waals surface area contributed by atoms with Crippen molar-refractivity contribution in [2.45, 2.75) is 58.4 Å². The fourth-order valence-electron chi connectivity index (χ4n) is 2.30. The van der Waals surface area contributed by atoms with Crippen LogP contribution in [0, 0.1) is 11.8 Å². The van der Waals surface area contributed by atoms with E-state index in [1.807, 2.05) is 0 Å². The Morgan fingerprint density at radius 1 is 1.17 bits per heavy atom. The van der Waals surface area contributed by atoms with E-state index in [1.54, 1.807) is 0 Å². The van der Waals surface area contributed by atoms with E-state index in [2.05, 4.69) is 13.8 Å². The summed E-state index contributed by atoms with van der Waals surface area (Å²) in [5, 5.41) is 0. The van der Waals surface area contributed by atoms with Crippen LogP contribution in [0.25, 0.3) is 0 Å². The lowest BCUT2D eigenvalue weighted by atomic mass is 9.81. The second-order valence-electron chi connectivity index (χ2n) is 4.69. The van der Waals surface area contributed by atoms with Gasteiger partial charge < -0.3 is 5.73 Å². The van der Waals surface area contributed by atoms with Gasteiger partial charge in [-0.3, -0.25) is 0 Å². The zero-order valence-electron chi connectivity index (χ0n) is 8.55. The van der Waals surface area contributed by atoms with Gasteiger partial charge in [0.15, 0.2) is 0 Å². The first-order valence-electron chi connectivity index (χ1n) is 5.45. The molecule has 1 heteroatoms. The molecule has 0 unspecified atom stereocenters. The van der Waals surface area contributed by atoms with Gasteiger partial charge >= 0.3 is 0 Å². The van der Waals surface area contributed by atoms with Crippen molar-refractivity contribution in [1.29, 1.82) is 0 Å². The Morgan fingerprint density at radius 2 is 1.75 bits per heavy atom. The van der Waals surface area contributed by atoms with Crippen molar-refractivity contribution in [2.75, 3.05) is 0 Å². The van der Waals surface area contributed by atoms with E-state index in [1.165, 1.54) is 38.5 Å². The molecule has 12 heavy (non-hydrogen) atoms. The van der Waals surface area contributed by atoms with Gasteiger partial charge in [-0.2, -0.15) is 0 Å². The minimum atomic E-state index is 0.477. The molecule has 1 nitrogen and oxygen atoms in total. The van der Waals surface area contributed by atoms with Gasteiger partial charge in [0.1, 0.15) is 0 Å². The Bertz CT molecular complexity index is 114. The van der Waals surface area contributed by atoms with E-state index in [9.17, 15) is 0 Å². The predicted octanol–water partition coefficient (Wildman–Crippen LogP) is 2.94. The van der Waals surface area contributed by atoms with Crippen LogP contribution in [0.3, 0.4) is 0 Å². The van der Waals surface area contributed by atoms with Crippen molar-refractivity contribution < 1.29 is 0 Å². The van der Waals surface area contributed by atoms with Crippen LogP contribution in [0.4, 0.5) is 0 Å². The summed E-state index contributed by atoms with van der Waals surface area (Å²) < 4.78 is 0. The highest BCUT2D eigenvalue weighted by Crippen LogP contribution is 2.27. The first-order valence-corrected chi connectivity index (χ1v) is 5.45. The van der Waals surface area contributed by atoms with E-state index in [-0.39, 0.29) is 0 Å². The number of hydrogen-bond acceptors (Lipinski definition) is 1. The zero-order valence-corrected chi connectivity index (χ0v) is 8.55. The average Bonchev–Trinajstić information content (AvgIpc) is 2.05. The van der Waals surface area contributed by atoms with E-state index >= 15 is 0 Å². The molecule has 0 aliphatic heterocycles. The number of nitrogens with two attached hydrogens (primary N) is 1. The fourth-order valence-corrected chi connectivity index (χ4v) is 2.30. The molecule has 1 aliphatic carbocycles. The van der Waals surface area contributed by atoms with E-state index in [0.717, 1.165) is 11.8 Å². The lowest BCUT2D eigenvalue weighted by Crippen LogP contribution is -2.32. The molecular formula is C11H23N. The zero-order chi connectivity index (χ0) is 8.97. The Morgan fingerprint density at radius 3 is 2.25 bits per heavy atom. The van der Waals surface area contributed by atoms with Crippen LogP contribution in [0.15, 0.2) is 0 Å². The van der Waals surface area contributed by atoms with Crippen molar-refractivity contribution in [3.63, 3.8) is 0 Å². The first-order chi connectivity index (χ1) is 5.70. The van der Waals surface area contributed by atoms with E-state index in [4.69, 9.17) is 5.73 Å². The third-order valence-corrected chi connectivity index (χ3v) is 3.00. The number of hydrogen-bond donors (Lipinski definition) is 1. The van der Waals surface area contributed by atoms with Crippen molar-refractivity contribution in [2.24, 2.45) is 17.6 Å². The van der Waals surface area contributed by atoms with E-state index in [0.29, 0.717) is 6.04 Å². The third kappa shape index (κ3) is 3.14. The highest BCUT2D eigenvalue weighted by molar-refractivity contribution is 4.77. The summed E-state index contributed by atoms with van der Waals surface area (Å²) in [6.45, 7) is 4.53. The molecule has 0 radical (unpaired) electrons. The van der Waals surface area contributed by atoms with Gasteiger partial charge in [0.2, 0.25) is 0 Å². The maximum Gasteiger partial charge on any atom is 0.00695 e. The maximum absolute atomic E-state index is 6.15. The van der Waals surface area contributed by atoms with Crippen LogP contribution in [-0.4, -0.2) is 6.04 Å². The van der Waals surface area contributed by atoms with Crippen molar-refractivity contribution >= 4 is 0 Å². The monoisotopic (exact) mass is 169 g/mol. The SMILES string of the molecule is CC(C)C[C@@H](N)C1CCCCC1. The Labute approximate surface area is 76.7 Å². The molecule has 0 saturated heterocycles. The van der Waals surface area contributed by atoms with Crippen LogP contribution in [-0.2, 0) is 0 Å². The van der Waals surface area contributed by atoms with Crippen molar-refractivity contribution in [1.82, 2.24) is 0 Å². The first kappa shape index (κ1) is 10.0. The highest BCUT2D eigenvalue weighted by Gasteiger charge is 2.20. The number of rotatable bonds is 3. The molecule has 0 spiro atoms. The summed E-state index contributed by atoms with van der Waals surface area (Å²) in [6, 6.07) is 0.477. The lowest BCUT2D eigenvalue weighted by molar-refractivity contribution is 0.278. The molecule has 2 N–H and O–H groups in total. The van der Waals surface area contributed by atoms with Gasteiger partial charge in [0.05, 0.1) is 0 Å². The molecule has 0 aromatic heterocycles. The molecule has 1 atom stereocenters. The van der Waals surface area contributed by atoms with Gasteiger partial charge in [-0.1, -0.05) is 33.1 Å². The second-order valence-corrected chi connectivity index (χ2v) is 4.69. The summed E-state index contributed by atoms with van der Waals surface area (Å²) >= 11 is 0. The molecule has 0 amide bonds. The van der Waals surface area contributed by atoms with Crippen LogP contribution in [0.5, 0.6) is 0 Å². The normalized spacial score (nSPS) is 23.0. The quantitative estimate of drug-likeness (QED) is 0.690. The molecule has 0 bridgehead atoms. The minimum absolute atomic E-state index is 0.477. The Balaban J connectivity index is 2.24. The van der Waals surface area contributed by atoms with Crippen molar-refractivity contribution in [3.05, 3.63) is 0 Å². The molecule has 0 aromatic rings. The van der Waals surface area contributed by atoms with Crippen LogP contribution in [0.1, 0.15) is 52.4 Å². The fraction of sp³-hybridized carbons (Fsp3) is 1.00. The van der Waals surface area contributed by atoms with Gasteiger partial charge in [-0.15, -0.1) is 0 Å². The summed E-state index contributed by atoms with van der Waals surface area (Å²) in [4.78, 5) is 0. The highest BCUT2D eigenvalue weighted by atomic mass is 14.6. The molecule has 1 rings (SSSR count). The Hall–Kier alpha value is -0.0400. The summed E-state index contributed by atoms with van der Waals surface area (Å²) in [5.74, 6) is 1.60. The lowest BCUT2D eigenvalue weighted by Gasteiger charge is -2.28. The summed E-state index contributed by atoms with van der Waals surface area (Å²) in [7, 11) is 0. The topological polar surface area (TPSA) is 26.0 Å². The molecule has 1 aliphatic rings. The van der Waals surface area contributed by atoms with Crippen molar-refractivity contribution in [3.8, 4) is 0 Å². The smallest absolute Gasteiger partial charge is 0.00695 e. The minimum Gasteiger partial charge on any atom is -0.327 e.